The van der Waals surface area contributed by atoms with E-state index in [1.807, 2.05) is 18.2 Å². The van der Waals surface area contributed by atoms with Gasteiger partial charge in [-0.05, 0) is 30.4 Å². The maximum Gasteiger partial charge on any atom is 0.0716 e. The van der Waals surface area contributed by atoms with Crippen LogP contribution in [0.1, 0.15) is 38.7 Å². The van der Waals surface area contributed by atoms with E-state index in [2.05, 4.69) is 26.0 Å². The molecule has 1 rings (SSSR count). The van der Waals surface area contributed by atoms with E-state index in [9.17, 15) is 0 Å². The van der Waals surface area contributed by atoms with Crippen LogP contribution in [0.15, 0.2) is 30.3 Å². The first-order valence-corrected chi connectivity index (χ1v) is 6.52. The molecule has 0 saturated heterocycles. The van der Waals surface area contributed by atoms with E-state index in [0.717, 1.165) is 19.6 Å². The van der Waals surface area contributed by atoms with Gasteiger partial charge in [-0.3, -0.25) is 0 Å². The Hall–Kier alpha value is -0.860. The van der Waals surface area contributed by atoms with E-state index in [-0.39, 0.29) is 5.41 Å². The number of hydrogen-bond acceptors (Lipinski definition) is 2. The van der Waals surface area contributed by atoms with Gasteiger partial charge >= 0.3 is 0 Å². The number of nitrogens with two attached hydrogens (primary N) is 1. The zero-order valence-electron chi connectivity index (χ0n) is 11.1. The Kier molecular flexibility index (Phi) is 6.23. The lowest BCUT2D eigenvalue weighted by atomic mass is 9.83. The molecular weight excluding hydrogens is 210 g/mol. The summed E-state index contributed by atoms with van der Waals surface area (Å²) in [5, 5.41) is 0. The molecule has 1 aromatic rings. The molecule has 1 atom stereocenters. The molecule has 0 amide bonds. The monoisotopic (exact) mass is 235 g/mol. The molecular formula is C15H25NO. The molecule has 0 saturated carbocycles. The summed E-state index contributed by atoms with van der Waals surface area (Å²) in [6, 6.07) is 10.3. The number of ether oxygens (including phenoxy) is 1. The van der Waals surface area contributed by atoms with Crippen LogP contribution in [-0.4, -0.2) is 13.2 Å². The molecule has 1 unspecified atom stereocenters. The smallest absolute Gasteiger partial charge is 0.0716 e. The van der Waals surface area contributed by atoms with E-state index in [1.165, 1.54) is 18.4 Å². The molecule has 0 spiro atoms. The van der Waals surface area contributed by atoms with Crippen molar-refractivity contribution in [3.05, 3.63) is 35.9 Å². The molecule has 2 heteroatoms. The van der Waals surface area contributed by atoms with Crippen LogP contribution < -0.4 is 5.73 Å². The predicted molar refractivity (Wildman–Crippen MR) is 72.8 cm³/mol. The Morgan fingerprint density at radius 2 is 1.88 bits per heavy atom. The van der Waals surface area contributed by atoms with E-state index in [4.69, 9.17) is 10.5 Å². The average molecular weight is 235 g/mol. The van der Waals surface area contributed by atoms with E-state index >= 15 is 0 Å². The molecule has 1 aromatic carbocycles. The number of rotatable bonds is 8. The lowest BCUT2D eigenvalue weighted by Crippen LogP contribution is -2.28. The van der Waals surface area contributed by atoms with E-state index in [0.29, 0.717) is 6.61 Å². The molecule has 17 heavy (non-hydrogen) atoms. The summed E-state index contributed by atoms with van der Waals surface area (Å²) >= 11 is 0. The maximum absolute atomic E-state index is 5.83. The van der Waals surface area contributed by atoms with Crippen LogP contribution in [0.5, 0.6) is 0 Å². The van der Waals surface area contributed by atoms with Gasteiger partial charge in [0.2, 0.25) is 0 Å². The van der Waals surface area contributed by atoms with Crippen LogP contribution in [0.3, 0.4) is 0 Å². The molecule has 2 nitrogen and oxygen atoms in total. The third-order valence-electron chi connectivity index (χ3n) is 3.31. The molecule has 2 N–H and O–H groups in total. The van der Waals surface area contributed by atoms with Crippen LogP contribution >= 0.6 is 0 Å². The summed E-state index contributed by atoms with van der Waals surface area (Å²) in [7, 11) is 0. The van der Waals surface area contributed by atoms with E-state index in [1.54, 1.807) is 0 Å². The second kappa shape index (κ2) is 7.46. The number of hydrogen-bond donors (Lipinski definition) is 1. The van der Waals surface area contributed by atoms with Gasteiger partial charge in [0.1, 0.15) is 0 Å². The Balaban J connectivity index is 2.23. The predicted octanol–water partition coefficient (Wildman–Crippen LogP) is 3.36. The normalized spacial score (nSPS) is 14.5. The van der Waals surface area contributed by atoms with Crippen molar-refractivity contribution in [3.8, 4) is 0 Å². The topological polar surface area (TPSA) is 35.2 Å². The summed E-state index contributed by atoms with van der Waals surface area (Å²) in [6.45, 7) is 6.70. The number of benzene rings is 1. The van der Waals surface area contributed by atoms with Crippen molar-refractivity contribution in [2.24, 2.45) is 11.1 Å². The zero-order valence-corrected chi connectivity index (χ0v) is 11.1. The highest BCUT2D eigenvalue weighted by atomic mass is 16.5. The van der Waals surface area contributed by atoms with Gasteiger partial charge in [0.05, 0.1) is 6.61 Å². The largest absolute Gasteiger partial charge is 0.377 e. The first kappa shape index (κ1) is 14.2. The Bertz CT molecular complexity index is 299. The molecule has 96 valence electrons. The van der Waals surface area contributed by atoms with Gasteiger partial charge in [-0.25, -0.2) is 0 Å². The molecule has 0 radical (unpaired) electrons. The van der Waals surface area contributed by atoms with Crippen LogP contribution in [0.25, 0.3) is 0 Å². The lowest BCUT2D eigenvalue weighted by molar-refractivity contribution is 0.0866. The lowest BCUT2D eigenvalue weighted by Gasteiger charge is -2.27. The van der Waals surface area contributed by atoms with Gasteiger partial charge in [0.25, 0.3) is 0 Å². The minimum Gasteiger partial charge on any atom is -0.377 e. The van der Waals surface area contributed by atoms with Crippen molar-refractivity contribution in [2.45, 2.75) is 39.7 Å². The minimum atomic E-state index is 0.242. The van der Waals surface area contributed by atoms with Crippen molar-refractivity contribution in [2.75, 3.05) is 13.2 Å². The highest BCUT2D eigenvalue weighted by molar-refractivity contribution is 5.13. The molecule has 0 bridgehead atoms. The third-order valence-corrected chi connectivity index (χ3v) is 3.31. The van der Waals surface area contributed by atoms with Crippen LogP contribution in [0.4, 0.5) is 0 Å². The summed E-state index contributed by atoms with van der Waals surface area (Å²) < 4.78 is 5.71. The van der Waals surface area contributed by atoms with Crippen molar-refractivity contribution in [3.63, 3.8) is 0 Å². The quantitative estimate of drug-likeness (QED) is 0.701. The first-order chi connectivity index (χ1) is 8.20. The van der Waals surface area contributed by atoms with Gasteiger partial charge < -0.3 is 10.5 Å². The van der Waals surface area contributed by atoms with Crippen molar-refractivity contribution in [1.82, 2.24) is 0 Å². The minimum absolute atomic E-state index is 0.242. The van der Waals surface area contributed by atoms with Gasteiger partial charge in [-0.2, -0.15) is 0 Å². The third kappa shape index (κ3) is 5.33. The van der Waals surface area contributed by atoms with Crippen molar-refractivity contribution >= 4 is 0 Å². The molecule has 0 aromatic heterocycles. The summed E-state index contributed by atoms with van der Waals surface area (Å²) in [4.78, 5) is 0. The Morgan fingerprint density at radius 1 is 1.18 bits per heavy atom. The Labute approximate surface area is 105 Å². The van der Waals surface area contributed by atoms with Gasteiger partial charge in [-0.1, -0.05) is 50.6 Å². The highest BCUT2D eigenvalue weighted by Gasteiger charge is 2.20. The molecule has 0 aliphatic carbocycles. The SMILES string of the molecule is CCCC(C)(CN)CCOCc1ccccc1. The molecule has 0 fully saturated rings. The zero-order chi connectivity index (χ0) is 12.6. The second-order valence-electron chi connectivity index (χ2n) is 5.05. The van der Waals surface area contributed by atoms with Crippen molar-refractivity contribution in [1.29, 1.82) is 0 Å². The van der Waals surface area contributed by atoms with Gasteiger partial charge in [-0.15, -0.1) is 0 Å². The standard InChI is InChI=1S/C15H25NO/c1-3-9-15(2,13-16)10-11-17-12-14-7-5-4-6-8-14/h4-8H,3,9-13,16H2,1-2H3. The maximum atomic E-state index is 5.83. The Morgan fingerprint density at radius 3 is 2.47 bits per heavy atom. The van der Waals surface area contributed by atoms with E-state index < -0.39 is 0 Å². The summed E-state index contributed by atoms with van der Waals surface area (Å²) in [6.07, 6.45) is 3.41. The molecule has 0 aliphatic rings. The average Bonchev–Trinajstić information content (AvgIpc) is 2.36. The first-order valence-electron chi connectivity index (χ1n) is 6.52. The van der Waals surface area contributed by atoms with Gasteiger partial charge in [0, 0.05) is 6.61 Å². The van der Waals surface area contributed by atoms with Crippen molar-refractivity contribution < 1.29 is 4.74 Å². The molecule has 0 heterocycles. The highest BCUT2D eigenvalue weighted by Crippen LogP contribution is 2.26. The second-order valence-corrected chi connectivity index (χ2v) is 5.05. The van der Waals surface area contributed by atoms with Gasteiger partial charge in [0.15, 0.2) is 0 Å². The van der Waals surface area contributed by atoms with Crippen LogP contribution in [0.2, 0.25) is 0 Å². The fourth-order valence-electron chi connectivity index (χ4n) is 2.02. The van der Waals surface area contributed by atoms with Crippen LogP contribution in [0, 0.1) is 5.41 Å². The fraction of sp³-hybridized carbons (Fsp3) is 0.600. The fourth-order valence-corrected chi connectivity index (χ4v) is 2.02. The summed E-state index contributed by atoms with van der Waals surface area (Å²) in [5.41, 5.74) is 7.31. The summed E-state index contributed by atoms with van der Waals surface area (Å²) in [5.74, 6) is 0. The molecule has 0 aliphatic heterocycles. The van der Waals surface area contributed by atoms with Crippen LogP contribution in [-0.2, 0) is 11.3 Å².